The summed E-state index contributed by atoms with van der Waals surface area (Å²) in [7, 11) is -3.75. The fraction of sp³-hybridized carbons (Fsp3) is 0.481. The number of anilines is 1. The summed E-state index contributed by atoms with van der Waals surface area (Å²) >= 11 is 0. The van der Waals surface area contributed by atoms with Crippen LogP contribution in [0.25, 0.3) is 0 Å². The molecular weight excluding hydrogens is 462 g/mol. The van der Waals surface area contributed by atoms with Crippen LogP contribution in [0.2, 0.25) is 0 Å². The molecule has 0 spiro atoms. The number of rotatable bonds is 12. The molecule has 0 radical (unpaired) electrons. The summed E-state index contributed by atoms with van der Waals surface area (Å²) in [5.74, 6) is -0.624. The molecule has 2 atom stereocenters. The average molecular weight is 502 g/mol. The minimum atomic E-state index is -3.75. The van der Waals surface area contributed by atoms with E-state index in [4.69, 9.17) is 0 Å². The Balaban J connectivity index is 2.42. The first-order valence-electron chi connectivity index (χ1n) is 12.2. The molecule has 192 valence electrons. The molecule has 0 unspecified atom stereocenters. The lowest BCUT2D eigenvalue weighted by atomic mass is 10.1. The number of carbonyl (C=O) groups excluding carboxylic acids is 2. The Hall–Kier alpha value is -2.87. The third kappa shape index (κ3) is 7.82. The number of para-hydroxylation sites is 1. The van der Waals surface area contributed by atoms with Gasteiger partial charge in [-0.15, -0.1) is 0 Å². The average Bonchev–Trinajstić information content (AvgIpc) is 2.80. The molecule has 2 aromatic rings. The van der Waals surface area contributed by atoms with Gasteiger partial charge in [0.15, 0.2) is 0 Å². The smallest absolute Gasteiger partial charge is 0.244 e. The van der Waals surface area contributed by atoms with Crippen LogP contribution in [0.4, 0.5) is 5.69 Å². The Labute approximate surface area is 210 Å². The maximum Gasteiger partial charge on any atom is 0.244 e. The van der Waals surface area contributed by atoms with Crippen molar-refractivity contribution in [2.75, 3.05) is 23.7 Å². The number of carbonyl (C=O) groups is 2. The third-order valence-electron chi connectivity index (χ3n) is 6.24. The van der Waals surface area contributed by atoms with E-state index in [1.165, 1.54) is 4.90 Å². The lowest BCUT2D eigenvalue weighted by Crippen LogP contribution is -2.54. The van der Waals surface area contributed by atoms with Gasteiger partial charge in [0, 0.05) is 12.6 Å². The molecular formula is C27H39N3O4S. The van der Waals surface area contributed by atoms with Crippen LogP contribution in [0, 0.1) is 13.8 Å². The summed E-state index contributed by atoms with van der Waals surface area (Å²) in [6.07, 6.45) is 2.86. The third-order valence-corrected chi connectivity index (χ3v) is 7.35. The summed E-state index contributed by atoms with van der Waals surface area (Å²) in [5.41, 5.74) is 3.07. The highest BCUT2D eigenvalue weighted by Crippen LogP contribution is 2.27. The minimum Gasteiger partial charge on any atom is -0.352 e. The molecule has 0 bridgehead atoms. The summed E-state index contributed by atoms with van der Waals surface area (Å²) in [4.78, 5) is 28.4. The zero-order valence-electron chi connectivity index (χ0n) is 21.7. The van der Waals surface area contributed by atoms with Crippen molar-refractivity contribution in [1.82, 2.24) is 10.2 Å². The van der Waals surface area contributed by atoms with Gasteiger partial charge in [0.1, 0.15) is 12.6 Å². The van der Waals surface area contributed by atoms with Gasteiger partial charge in [-0.05, 0) is 56.7 Å². The monoisotopic (exact) mass is 501 g/mol. The normalized spacial score (nSPS) is 13.1. The van der Waals surface area contributed by atoms with E-state index in [-0.39, 0.29) is 18.5 Å². The Morgan fingerprint density at radius 1 is 0.943 bits per heavy atom. The summed E-state index contributed by atoms with van der Waals surface area (Å²) in [6.45, 7) is 9.36. The quantitative estimate of drug-likeness (QED) is 0.479. The summed E-state index contributed by atoms with van der Waals surface area (Å²) < 4.78 is 26.8. The molecule has 0 aliphatic heterocycles. The second-order valence-corrected chi connectivity index (χ2v) is 11.0. The zero-order valence-corrected chi connectivity index (χ0v) is 22.6. The molecule has 7 nitrogen and oxygen atoms in total. The number of nitrogens with zero attached hydrogens (tertiary/aromatic N) is 2. The molecule has 8 heteroatoms. The Morgan fingerprint density at radius 2 is 1.54 bits per heavy atom. The van der Waals surface area contributed by atoms with E-state index in [1.807, 2.05) is 83.1 Å². The molecule has 1 N–H and O–H groups in total. The van der Waals surface area contributed by atoms with Gasteiger partial charge in [-0.2, -0.15) is 0 Å². The van der Waals surface area contributed by atoms with Crippen LogP contribution < -0.4 is 9.62 Å². The van der Waals surface area contributed by atoms with E-state index in [0.29, 0.717) is 25.1 Å². The van der Waals surface area contributed by atoms with Gasteiger partial charge in [-0.1, -0.05) is 62.4 Å². The van der Waals surface area contributed by atoms with Crippen LogP contribution in [0.5, 0.6) is 0 Å². The molecule has 2 rings (SSSR count). The van der Waals surface area contributed by atoms with E-state index >= 15 is 0 Å². The van der Waals surface area contributed by atoms with Crippen LogP contribution in [0.15, 0.2) is 48.5 Å². The van der Waals surface area contributed by atoms with Crippen LogP contribution in [-0.4, -0.2) is 56.6 Å². The van der Waals surface area contributed by atoms with Gasteiger partial charge in [-0.25, -0.2) is 8.42 Å². The molecule has 0 saturated heterocycles. The van der Waals surface area contributed by atoms with E-state index in [2.05, 4.69) is 5.32 Å². The van der Waals surface area contributed by atoms with Crippen molar-refractivity contribution in [3.63, 3.8) is 0 Å². The predicted octanol–water partition coefficient (Wildman–Crippen LogP) is 3.83. The van der Waals surface area contributed by atoms with Crippen LogP contribution in [0.3, 0.4) is 0 Å². The zero-order chi connectivity index (χ0) is 26.2. The lowest BCUT2D eigenvalue weighted by molar-refractivity contribution is -0.139. The molecule has 0 aromatic heterocycles. The fourth-order valence-electron chi connectivity index (χ4n) is 4.11. The number of hydrogen-bond acceptors (Lipinski definition) is 4. The topological polar surface area (TPSA) is 86.8 Å². The Kier molecular flexibility index (Phi) is 10.3. The lowest BCUT2D eigenvalue weighted by Gasteiger charge is -2.34. The first-order chi connectivity index (χ1) is 16.5. The van der Waals surface area contributed by atoms with E-state index < -0.39 is 22.0 Å². The molecule has 0 fully saturated rings. The van der Waals surface area contributed by atoms with E-state index in [0.717, 1.165) is 33.7 Å². The molecule has 0 heterocycles. The molecule has 0 saturated carbocycles. The number of benzene rings is 2. The van der Waals surface area contributed by atoms with Crippen molar-refractivity contribution < 1.29 is 18.0 Å². The highest BCUT2D eigenvalue weighted by atomic mass is 32.2. The van der Waals surface area contributed by atoms with Crippen LogP contribution in [-0.2, 0) is 26.0 Å². The number of sulfonamides is 1. The van der Waals surface area contributed by atoms with Gasteiger partial charge in [0.2, 0.25) is 21.8 Å². The first-order valence-corrected chi connectivity index (χ1v) is 14.0. The van der Waals surface area contributed by atoms with Crippen molar-refractivity contribution in [3.05, 3.63) is 65.2 Å². The van der Waals surface area contributed by atoms with E-state index in [1.54, 1.807) is 0 Å². The number of hydrogen-bond donors (Lipinski definition) is 1. The van der Waals surface area contributed by atoms with Crippen molar-refractivity contribution in [1.29, 1.82) is 0 Å². The highest BCUT2D eigenvalue weighted by Gasteiger charge is 2.32. The number of aryl methyl sites for hydroxylation is 2. The summed E-state index contributed by atoms with van der Waals surface area (Å²) in [6, 6.07) is 14.5. The van der Waals surface area contributed by atoms with Gasteiger partial charge in [-0.3, -0.25) is 13.9 Å². The van der Waals surface area contributed by atoms with Crippen LogP contribution >= 0.6 is 0 Å². The highest BCUT2D eigenvalue weighted by molar-refractivity contribution is 7.92. The SMILES string of the molecule is CC[C@@H](C)NC(=O)[C@@H](CC)N(CCc1ccccc1)C(=O)CN(c1c(C)cccc1C)S(C)(=O)=O. The largest absolute Gasteiger partial charge is 0.352 e. The second-order valence-electron chi connectivity index (χ2n) is 9.07. The molecule has 35 heavy (non-hydrogen) atoms. The van der Waals surface area contributed by atoms with Gasteiger partial charge in [0.05, 0.1) is 11.9 Å². The first kappa shape index (κ1) is 28.4. The van der Waals surface area contributed by atoms with Crippen LogP contribution in [0.1, 0.15) is 50.3 Å². The van der Waals surface area contributed by atoms with Gasteiger partial charge < -0.3 is 10.2 Å². The molecule has 2 amide bonds. The van der Waals surface area contributed by atoms with Crippen molar-refractivity contribution in [3.8, 4) is 0 Å². The Morgan fingerprint density at radius 3 is 2.06 bits per heavy atom. The van der Waals surface area contributed by atoms with Gasteiger partial charge in [0.25, 0.3) is 0 Å². The van der Waals surface area contributed by atoms with Crippen molar-refractivity contribution in [2.45, 2.75) is 66.0 Å². The summed E-state index contributed by atoms with van der Waals surface area (Å²) in [5, 5.41) is 2.98. The maximum absolute atomic E-state index is 13.7. The number of nitrogens with one attached hydrogen (secondary N) is 1. The molecule has 0 aliphatic rings. The standard InChI is InChI=1S/C27H39N3O4S/c1-7-22(5)28-27(32)24(8-2)29(18-17-23-15-10-9-11-16-23)25(31)19-30(35(6,33)34)26-20(3)13-12-14-21(26)4/h9-16,22,24H,7-8,17-19H2,1-6H3,(H,28,32)/t22-,24-/m1/s1. The predicted molar refractivity (Wildman–Crippen MR) is 142 cm³/mol. The van der Waals surface area contributed by atoms with Gasteiger partial charge >= 0.3 is 0 Å². The molecule has 2 aromatic carbocycles. The number of amides is 2. The Bertz CT molecular complexity index is 1080. The minimum absolute atomic E-state index is 0.0234. The second kappa shape index (κ2) is 12.7. The van der Waals surface area contributed by atoms with Crippen molar-refractivity contribution >= 4 is 27.5 Å². The molecule has 0 aliphatic carbocycles. The fourth-order valence-corrected chi connectivity index (χ4v) is 5.08. The van der Waals surface area contributed by atoms with E-state index in [9.17, 15) is 18.0 Å². The van der Waals surface area contributed by atoms with Crippen molar-refractivity contribution in [2.24, 2.45) is 0 Å². The maximum atomic E-state index is 13.7.